The highest BCUT2D eigenvalue weighted by Crippen LogP contribution is 2.75. The molecule has 39 heavy (non-hydrogen) atoms. The fraction of sp³-hybridized carbons (Fsp3) is 0.882. The summed E-state index contributed by atoms with van der Waals surface area (Å²) < 4.78 is 5.91. The third kappa shape index (κ3) is 4.09. The lowest BCUT2D eigenvalue weighted by Gasteiger charge is -2.71. The average molecular weight is 541 g/mol. The van der Waals surface area contributed by atoms with Crippen LogP contribution in [0.5, 0.6) is 0 Å². The molecule has 0 unspecified atom stereocenters. The van der Waals surface area contributed by atoms with Gasteiger partial charge in [0.05, 0.1) is 5.41 Å². The van der Waals surface area contributed by atoms with Crippen molar-refractivity contribution in [3.8, 4) is 0 Å². The van der Waals surface area contributed by atoms with Crippen molar-refractivity contribution >= 4 is 11.9 Å². The zero-order valence-electron chi connectivity index (χ0n) is 26.2. The molecule has 220 valence electrons. The molecule has 0 aromatic rings. The number of carbonyl (C=O) groups is 2. The summed E-state index contributed by atoms with van der Waals surface area (Å²) in [6, 6.07) is 0. The van der Waals surface area contributed by atoms with E-state index in [2.05, 4.69) is 59.9 Å². The average Bonchev–Trinajstić information content (AvgIpc) is 2.84. The molecule has 5 heteroatoms. The molecule has 4 saturated carbocycles. The quantitative estimate of drug-likeness (QED) is 0.304. The first-order valence-electron chi connectivity index (χ1n) is 15.9. The van der Waals surface area contributed by atoms with Crippen molar-refractivity contribution in [1.82, 2.24) is 5.32 Å². The molecule has 4 fully saturated rings. The van der Waals surface area contributed by atoms with Gasteiger partial charge < -0.3 is 15.8 Å². The molecule has 0 spiro atoms. The minimum Gasteiger partial charge on any atom is -0.462 e. The zero-order valence-corrected chi connectivity index (χ0v) is 26.2. The SMILES string of the molecule is CC(=O)O[C@H]1CC[C@]2(C)[C@H]3CC=C4[C@@H]5CC(C)(C)CC[C@]5(C(=O)NCCN)CC[C@@]4(C)[C@]3(C)CC[C@H]2C1(C)C. The smallest absolute Gasteiger partial charge is 0.302 e. The van der Waals surface area contributed by atoms with Crippen LogP contribution in [0.2, 0.25) is 0 Å². The van der Waals surface area contributed by atoms with Gasteiger partial charge in [-0.1, -0.05) is 60.1 Å². The highest BCUT2D eigenvalue weighted by Gasteiger charge is 2.69. The molecule has 0 aliphatic heterocycles. The van der Waals surface area contributed by atoms with Crippen molar-refractivity contribution in [1.29, 1.82) is 0 Å². The predicted octanol–water partition coefficient (Wildman–Crippen LogP) is 6.79. The number of fused-ring (bicyclic) bond motifs is 7. The largest absolute Gasteiger partial charge is 0.462 e. The van der Waals surface area contributed by atoms with Crippen LogP contribution in [-0.2, 0) is 14.3 Å². The van der Waals surface area contributed by atoms with Crippen LogP contribution in [-0.4, -0.2) is 31.1 Å². The zero-order chi connectivity index (χ0) is 28.6. The number of allylic oxidation sites excluding steroid dienone is 2. The maximum Gasteiger partial charge on any atom is 0.302 e. The molecule has 0 bridgehead atoms. The topological polar surface area (TPSA) is 81.4 Å². The highest BCUT2D eigenvalue weighted by atomic mass is 16.5. The van der Waals surface area contributed by atoms with Gasteiger partial charge in [0.2, 0.25) is 5.91 Å². The van der Waals surface area contributed by atoms with E-state index >= 15 is 0 Å². The van der Waals surface area contributed by atoms with E-state index in [-0.39, 0.29) is 50.5 Å². The van der Waals surface area contributed by atoms with Gasteiger partial charge in [0.1, 0.15) is 6.10 Å². The number of carbonyl (C=O) groups excluding carboxylic acids is 2. The van der Waals surface area contributed by atoms with Crippen LogP contribution in [0.25, 0.3) is 0 Å². The molecule has 5 aliphatic carbocycles. The van der Waals surface area contributed by atoms with Crippen LogP contribution in [0, 0.1) is 50.2 Å². The summed E-state index contributed by atoms with van der Waals surface area (Å²) in [5.74, 6) is 1.57. The molecular formula is C34H56N2O3. The van der Waals surface area contributed by atoms with Crippen LogP contribution < -0.4 is 11.1 Å². The van der Waals surface area contributed by atoms with E-state index in [1.807, 2.05) is 0 Å². The molecule has 0 aromatic heterocycles. The van der Waals surface area contributed by atoms with E-state index in [0.717, 1.165) is 51.4 Å². The Bertz CT molecular complexity index is 1050. The number of amides is 1. The maximum absolute atomic E-state index is 13.9. The minimum atomic E-state index is -0.287. The second-order valence-corrected chi connectivity index (χ2v) is 16.4. The van der Waals surface area contributed by atoms with Crippen LogP contribution >= 0.6 is 0 Å². The van der Waals surface area contributed by atoms with Crippen LogP contribution in [0.15, 0.2) is 11.6 Å². The molecule has 1 amide bonds. The number of esters is 1. The molecule has 0 saturated heterocycles. The molecule has 8 atom stereocenters. The number of ether oxygens (including phenoxy) is 1. The summed E-state index contributed by atoms with van der Waals surface area (Å²) in [6.45, 7) is 19.9. The van der Waals surface area contributed by atoms with E-state index in [9.17, 15) is 9.59 Å². The third-order valence-electron chi connectivity index (χ3n) is 13.8. The Kier molecular flexibility index (Phi) is 6.97. The van der Waals surface area contributed by atoms with E-state index in [1.54, 1.807) is 12.5 Å². The maximum atomic E-state index is 13.9. The van der Waals surface area contributed by atoms with Crippen molar-refractivity contribution in [3.63, 3.8) is 0 Å². The molecule has 5 nitrogen and oxygen atoms in total. The van der Waals surface area contributed by atoms with Gasteiger partial charge in [0.15, 0.2) is 0 Å². The van der Waals surface area contributed by atoms with Crippen molar-refractivity contribution in [2.45, 2.75) is 126 Å². The monoisotopic (exact) mass is 540 g/mol. The Labute approximate surface area is 237 Å². The first-order valence-corrected chi connectivity index (χ1v) is 15.9. The lowest BCUT2D eigenvalue weighted by atomic mass is 9.33. The first kappa shape index (κ1) is 29.1. The fourth-order valence-corrected chi connectivity index (χ4v) is 11.4. The minimum absolute atomic E-state index is 0.00881. The van der Waals surface area contributed by atoms with E-state index < -0.39 is 0 Å². The van der Waals surface area contributed by atoms with Crippen LogP contribution in [0.3, 0.4) is 0 Å². The summed E-state index contributed by atoms with van der Waals surface area (Å²) in [5, 5.41) is 3.24. The summed E-state index contributed by atoms with van der Waals surface area (Å²) in [7, 11) is 0. The second kappa shape index (κ2) is 9.33. The molecule has 0 aromatic carbocycles. The molecule has 0 heterocycles. The van der Waals surface area contributed by atoms with Crippen molar-refractivity contribution in [3.05, 3.63) is 11.6 Å². The number of hydrogen-bond acceptors (Lipinski definition) is 4. The van der Waals surface area contributed by atoms with Gasteiger partial charge in [-0.25, -0.2) is 0 Å². The van der Waals surface area contributed by atoms with Gasteiger partial charge in [0.25, 0.3) is 0 Å². The van der Waals surface area contributed by atoms with E-state index in [1.165, 1.54) is 12.8 Å². The van der Waals surface area contributed by atoms with Gasteiger partial charge in [0, 0.05) is 25.4 Å². The van der Waals surface area contributed by atoms with Crippen molar-refractivity contribution in [2.24, 2.45) is 56.0 Å². The van der Waals surface area contributed by atoms with Crippen LogP contribution in [0.4, 0.5) is 0 Å². The first-order chi connectivity index (χ1) is 18.1. The predicted molar refractivity (Wildman–Crippen MR) is 157 cm³/mol. The van der Waals surface area contributed by atoms with E-state index in [4.69, 9.17) is 10.5 Å². The Balaban J connectivity index is 1.53. The molecule has 0 radical (unpaired) electrons. The highest BCUT2D eigenvalue weighted by molar-refractivity contribution is 5.84. The number of nitrogens with one attached hydrogen (secondary N) is 1. The normalized spacial score (nSPS) is 45.9. The Morgan fingerprint density at radius 1 is 0.949 bits per heavy atom. The van der Waals surface area contributed by atoms with Crippen molar-refractivity contribution in [2.75, 3.05) is 13.1 Å². The van der Waals surface area contributed by atoms with Crippen LogP contribution in [0.1, 0.15) is 120 Å². The fourth-order valence-electron chi connectivity index (χ4n) is 11.4. The van der Waals surface area contributed by atoms with Gasteiger partial charge in [-0.15, -0.1) is 0 Å². The van der Waals surface area contributed by atoms with E-state index in [0.29, 0.717) is 30.8 Å². The Morgan fingerprint density at radius 2 is 1.64 bits per heavy atom. The summed E-state index contributed by atoms with van der Waals surface area (Å²) in [6.07, 6.45) is 13.5. The number of hydrogen-bond donors (Lipinski definition) is 2. The molecule has 3 N–H and O–H groups in total. The summed E-state index contributed by atoms with van der Waals surface area (Å²) in [5.41, 5.74) is 7.88. The summed E-state index contributed by atoms with van der Waals surface area (Å²) >= 11 is 0. The van der Waals surface area contributed by atoms with Crippen molar-refractivity contribution < 1.29 is 14.3 Å². The van der Waals surface area contributed by atoms with Gasteiger partial charge in [-0.3, -0.25) is 9.59 Å². The lowest BCUT2D eigenvalue weighted by Crippen LogP contribution is -2.65. The lowest BCUT2D eigenvalue weighted by molar-refractivity contribution is -0.212. The standard InChI is InChI=1S/C34H56N2O3/c1-22(37)39-27-12-13-31(6)25(30(27,4)5)11-14-33(8)26(31)10-9-23-24-21-29(2,3)15-17-34(24,18-16-32(23,33)7)28(38)36-20-19-35/h9,24-27H,10-21,35H2,1-8H3,(H,36,38)/t24-,25-,26+,27-,31-,32+,33+,34-/m0/s1. The Hall–Kier alpha value is -1.36. The number of rotatable bonds is 4. The number of nitrogens with two attached hydrogens (primary N) is 1. The van der Waals surface area contributed by atoms with Gasteiger partial charge in [-0.05, 0) is 104 Å². The molecule has 5 rings (SSSR count). The molecular weight excluding hydrogens is 484 g/mol. The Morgan fingerprint density at radius 3 is 2.31 bits per heavy atom. The summed E-state index contributed by atoms with van der Waals surface area (Å²) in [4.78, 5) is 25.8. The second-order valence-electron chi connectivity index (χ2n) is 16.4. The van der Waals surface area contributed by atoms with Gasteiger partial charge >= 0.3 is 5.97 Å². The molecule has 5 aliphatic rings. The van der Waals surface area contributed by atoms with Gasteiger partial charge in [-0.2, -0.15) is 0 Å². The third-order valence-corrected chi connectivity index (χ3v) is 13.8.